The minimum Gasteiger partial charge on any atom is -0.385 e. The van der Waals surface area contributed by atoms with E-state index in [0.29, 0.717) is 5.69 Å². The zero-order valence-corrected chi connectivity index (χ0v) is 10.4. The molecule has 1 aromatic rings. The molecule has 86 valence electrons. The molecule has 3 N–H and O–H groups in total. The SMILES string of the molecule is CC(C)(C)CCC(N)C(O)c1cscn1. The van der Waals surface area contributed by atoms with Crippen LogP contribution >= 0.6 is 11.3 Å². The topological polar surface area (TPSA) is 59.1 Å². The van der Waals surface area contributed by atoms with Crippen LogP contribution in [-0.2, 0) is 0 Å². The van der Waals surface area contributed by atoms with Crippen LogP contribution in [0.2, 0.25) is 0 Å². The molecule has 0 aliphatic heterocycles. The maximum Gasteiger partial charge on any atom is 0.112 e. The minimum absolute atomic E-state index is 0.216. The summed E-state index contributed by atoms with van der Waals surface area (Å²) in [5.41, 5.74) is 8.61. The van der Waals surface area contributed by atoms with Gasteiger partial charge in [0.2, 0.25) is 0 Å². The predicted molar refractivity (Wildman–Crippen MR) is 63.7 cm³/mol. The molecule has 1 heterocycles. The van der Waals surface area contributed by atoms with Gasteiger partial charge in [0.25, 0.3) is 0 Å². The Labute approximate surface area is 95.3 Å². The van der Waals surface area contributed by atoms with Gasteiger partial charge in [-0.05, 0) is 18.3 Å². The fourth-order valence-electron chi connectivity index (χ4n) is 1.34. The van der Waals surface area contributed by atoms with Gasteiger partial charge in [-0.3, -0.25) is 0 Å². The summed E-state index contributed by atoms with van der Waals surface area (Å²) in [6, 6.07) is -0.216. The Morgan fingerprint density at radius 2 is 2.20 bits per heavy atom. The van der Waals surface area contributed by atoms with E-state index in [4.69, 9.17) is 5.73 Å². The van der Waals surface area contributed by atoms with Crippen molar-refractivity contribution in [3.63, 3.8) is 0 Å². The van der Waals surface area contributed by atoms with E-state index in [1.807, 2.05) is 5.38 Å². The number of thiazole rings is 1. The molecule has 0 saturated heterocycles. The first-order valence-electron chi connectivity index (χ1n) is 5.22. The number of aliphatic hydroxyl groups excluding tert-OH is 1. The normalized spacial score (nSPS) is 16.3. The summed E-state index contributed by atoms with van der Waals surface area (Å²) in [4.78, 5) is 4.07. The quantitative estimate of drug-likeness (QED) is 0.831. The van der Waals surface area contributed by atoms with E-state index in [0.717, 1.165) is 12.8 Å². The summed E-state index contributed by atoms with van der Waals surface area (Å²) in [5.74, 6) is 0. The van der Waals surface area contributed by atoms with Gasteiger partial charge in [-0.15, -0.1) is 11.3 Å². The molecule has 0 fully saturated rings. The van der Waals surface area contributed by atoms with Gasteiger partial charge in [-0.2, -0.15) is 0 Å². The molecule has 1 rings (SSSR count). The zero-order valence-electron chi connectivity index (χ0n) is 9.60. The predicted octanol–water partition coefficient (Wildman–Crippen LogP) is 2.33. The van der Waals surface area contributed by atoms with Crippen LogP contribution in [0.3, 0.4) is 0 Å². The van der Waals surface area contributed by atoms with Crippen LogP contribution in [0.15, 0.2) is 10.9 Å². The van der Waals surface area contributed by atoms with Gasteiger partial charge in [-0.25, -0.2) is 4.98 Å². The third kappa shape index (κ3) is 4.28. The Morgan fingerprint density at radius 3 is 2.67 bits per heavy atom. The Kier molecular flexibility index (Phi) is 4.25. The van der Waals surface area contributed by atoms with Crippen LogP contribution in [0, 0.1) is 5.41 Å². The number of rotatable bonds is 4. The largest absolute Gasteiger partial charge is 0.385 e. The average Bonchev–Trinajstić information content (AvgIpc) is 2.64. The van der Waals surface area contributed by atoms with E-state index in [-0.39, 0.29) is 11.5 Å². The van der Waals surface area contributed by atoms with Gasteiger partial charge < -0.3 is 10.8 Å². The van der Waals surface area contributed by atoms with Gasteiger partial charge in [0.15, 0.2) is 0 Å². The molecule has 2 atom stereocenters. The maximum absolute atomic E-state index is 9.89. The standard InChI is InChI=1S/C11H20N2OS/c1-11(2,3)5-4-8(12)10(14)9-6-15-7-13-9/h6-8,10,14H,4-5,12H2,1-3H3. The van der Waals surface area contributed by atoms with Crippen LogP contribution < -0.4 is 5.73 Å². The number of aliphatic hydroxyl groups is 1. The summed E-state index contributed by atoms with van der Waals surface area (Å²) in [6.07, 6.45) is 1.20. The number of hydrogen-bond acceptors (Lipinski definition) is 4. The lowest BCUT2D eigenvalue weighted by Crippen LogP contribution is -2.29. The summed E-state index contributed by atoms with van der Waals surface area (Å²) in [6.45, 7) is 6.53. The van der Waals surface area contributed by atoms with E-state index in [9.17, 15) is 5.11 Å². The third-order valence-corrected chi connectivity index (χ3v) is 2.99. The van der Waals surface area contributed by atoms with E-state index >= 15 is 0 Å². The Morgan fingerprint density at radius 1 is 1.53 bits per heavy atom. The van der Waals surface area contributed by atoms with E-state index < -0.39 is 6.10 Å². The number of hydrogen-bond donors (Lipinski definition) is 2. The van der Waals surface area contributed by atoms with E-state index in [1.54, 1.807) is 5.51 Å². The summed E-state index contributed by atoms with van der Waals surface area (Å²) >= 11 is 1.48. The molecule has 0 amide bonds. The fraction of sp³-hybridized carbons (Fsp3) is 0.727. The van der Waals surface area contributed by atoms with E-state index in [2.05, 4.69) is 25.8 Å². The van der Waals surface area contributed by atoms with Crippen molar-refractivity contribution in [3.05, 3.63) is 16.6 Å². The molecular formula is C11H20N2OS. The molecule has 0 aliphatic carbocycles. The smallest absolute Gasteiger partial charge is 0.112 e. The number of nitrogens with zero attached hydrogens (tertiary/aromatic N) is 1. The highest BCUT2D eigenvalue weighted by atomic mass is 32.1. The highest BCUT2D eigenvalue weighted by Crippen LogP contribution is 2.25. The lowest BCUT2D eigenvalue weighted by atomic mass is 9.87. The molecule has 1 aromatic heterocycles. The first kappa shape index (κ1) is 12.6. The van der Waals surface area contributed by atoms with Crippen LogP contribution in [0.25, 0.3) is 0 Å². The molecule has 0 radical (unpaired) electrons. The van der Waals surface area contributed by atoms with Gasteiger partial charge in [0, 0.05) is 11.4 Å². The molecule has 4 heteroatoms. The molecule has 0 saturated carbocycles. The molecule has 0 aromatic carbocycles. The average molecular weight is 228 g/mol. The number of aromatic nitrogens is 1. The van der Waals surface area contributed by atoms with Crippen LogP contribution in [-0.4, -0.2) is 16.1 Å². The second-order valence-electron chi connectivity index (χ2n) is 5.12. The van der Waals surface area contributed by atoms with Crippen molar-refractivity contribution in [3.8, 4) is 0 Å². The Balaban J connectivity index is 2.44. The van der Waals surface area contributed by atoms with Gasteiger partial charge in [0.1, 0.15) is 6.10 Å². The Bertz CT molecular complexity index is 279. The van der Waals surface area contributed by atoms with Crippen molar-refractivity contribution in [2.24, 2.45) is 11.1 Å². The molecule has 15 heavy (non-hydrogen) atoms. The molecule has 0 bridgehead atoms. The van der Waals surface area contributed by atoms with Crippen molar-refractivity contribution >= 4 is 11.3 Å². The first-order valence-corrected chi connectivity index (χ1v) is 6.16. The zero-order chi connectivity index (χ0) is 11.5. The molecule has 3 nitrogen and oxygen atoms in total. The Hall–Kier alpha value is -0.450. The monoisotopic (exact) mass is 228 g/mol. The van der Waals surface area contributed by atoms with Crippen molar-refractivity contribution in [1.29, 1.82) is 0 Å². The number of nitrogens with two attached hydrogens (primary N) is 1. The third-order valence-electron chi connectivity index (χ3n) is 2.39. The highest BCUT2D eigenvalue weighted by molar-refractivity contribution is 7.07. The van der Waals surface area contributed by atoms with Crippen LogP contribution in [0.4, 0.5) is 0 Å². The molecule has 0 spiro atoms. The molecular weight excluding hydrogens is 208 g/mol. The molecule has 2 unspecified atom stereocenters. The van der Waals surface area contributed by atoms with Gasteiger partial charge in [0.05, 0.1) is 11.2 Å². The lowest BCUT2D eigenvalue weighted by Gasteiger charge is -2.23. The maximum atomic E-state index is 9.89. The lowest BCUT2D eigenvalue weighted by molar-refractivity contribution is 0.131. The van der Waals surface area contributed by atoms with Crippen LogP contribution in [0.5, 0.6) is 0 Å². The van der Waals surface area contributed by atoms with Gasteiger partial charge >= 0.3 is 0 Å². The fourth-order valence-corrected chi connectivity index (χ4v) is 1.93. The minimum atomic E-state index is -0.626. The van der Waals surface area contributed by atoms with Crippen molar-refractivity contribution in [1.82, 2.24) is 4.98 Å². The summed E-state index contributed by atoms with van der Waals surface area (Å²) < 4.78 is 0. The molecule has 0 aliphatic rings. The summed E-state index contributed by atoms with van der Waals surface area (Å²) in [5, 5.41) is 11.7. The van der Waals surface area contributed by atoms with Crippen molar-refractivity contribution in [2.75, 3.05) is 0 Å². The summed E-state index contributed by atoms with van der Waals surface area (Å²) in [7, 11) is 0. The second kappa shape index (κ2) is 5.05. The second-order valence-corrected chi connectivity index (χ2v) is 5.84. The van der Waals surface area contributed by atoms with Crippen molar-refractivity contribution in [2.45, 2.75) is 45.8 Å². The van der Waals surface area contributed by atoms with Gasteiger partial charge in [-0.1, -0.05) is 20.8 Å². The van der Waals surface area contributed by atoms with Crippen LogP contribution in [0.1, 0.15) is 45.4 Å². The highest BCUT2D eigenvalue weighted by Gasteiger charge is 2.21. The van der Waals surface area contributed by atoms with Crippen molar-refractivity contribution < 1.29 is 5.11 Å². The van der Waals surface area contributed by atoms with E-state index in [1.165, 1.54) is 11.3 Å². The first-order chi connectivity index (χ1) is 6.90.